The van der Waals surface area contributed by atoms with Crippen LogP contribution in [0.15, 0.2) is 17.5 Å². The summed E-state index contributed by atoms with van der Waals surface area (Å²) in [6, 6.07) is 4.00. The van der Waals surface area contributed by atoms with Crippen LogP contribution in [0.5, 0.6) is 0 Å². The highest BCUT2D eigenvalue weighted by Crippen LogP contribution is 2.24. The molecule has 1 heterocycles. The Kier molecular flexibility index (Phi) is 3.09. The highest BCUT2D eigenvalue weighted by Gasteiger charge is 2.09. The highest BCUT2D eigenvalue weighted by atomic mass is 35.5. The van der Waals surface area contributed by atoms with E-state index in [0.29, 0.717) is 6.42 Å². The van der Waals surface area contributed by atoms with Gasteiger partial charge in [0.25, 0.3) is 0 Å². The molecule has 1 aromatic heterocycles. The van der Waals surface area contributed by atoms with E-state index >= 15 is 0 Å². The van der Waals surface area contributed by atoms with Crippen molar-refractivity contribution in [3.05, 3.63) is 22.4 Å². The van der Waals surface area contributed by atoms with Crippen LogP contribution < -0.4 is 0 Å². The lowest BCUT2D eigenvalue weighted by Gasteiger charge is -2.03. The van der Waals surface area contributed by atoms with Gasteiger partial charge in [0.15, 0.2) is 0 Å². The number of halogens is 1. The topological polar surface area (TPSA) is 17.1 Å². The summed E-state index contributed by atoms with van der Waals surface area (Å²) in [5.41, 5.74) is 0. The van der Waals surface area contributed by atoms with Gasteiger partial charge in [0.1, 0.15) is 0 Å². The molecule has 1 rings (SSSR count). The second kappa shape index (κ2) is 3.88. The van der Waals surface area contributed by atoms with E-state index in [1.165, 1.54) is 4.88 Å². The van der Waals surface area contributed by atoms with Crippen molar-refractivity contribution in [2.24, 2.45) is 0 Å². The molecule has 0 aliphatic carbocycles. The second-order valence-corrected chi connectivity index (χ2v) is 3.88. The Balaban J connectivity index is 2.56. The van der Waals surface area contributed by atoms with Crippen LogP contribution in [-0.2, 0) is 4.79 Å². The Hall–Kier alpha value is -0.340. The average molecular weight is 189 g/mol. The molecule has 1 atom stereocenters. The van der Waals surface area contributed by atoms with Crippen LogP contribution in [0, 0.1) is 0 Å². The molecule has 0 saturated heterocycles. The summed E-state index contributed by atoms with van der Waals surface area (Å²) >= 11 is 6.92. The van der Waals surface area contributed by atoms with Gasteiger partial charge in [-0.2, -0.15) is 0 Å². The van der Waals surface area contributed by atoms with Crippen LogP contribution in [0.25, 0.3) is 0 Å². The first-order valence-electron chi connectivity index (χ1n) is 3.42. The largest absolute Gasteiger partial charge is 0.281 e. The van der Waals surface area contributed by atoms with E-state index in [4.69, 9.17) is 11.6 Å². The molecule has 0 bridgehead atoms. The predicted molar refractivity (Wildman–Crippen MR) is 48.2 cm³/mol. The Morgan fingerprint density at radius 3 is 3.00 bits per heavy atom. The van der Waals surface area contributed by atoms with Crippen molar-refractivity contribution in [3.63, 3.8) is 0 Å². The van der Waals surface area contributed by atoms with Crippen LogP contribution in [0.1, 0.15) is 24.1 Å². The van der Waals surface area contributed by atoms with Crippen molar-refractivity contribution in [3.8, 4) is 0 Å². The summed E-state index contributed by atoms with van der Waals surface area (Å²) in [4.78, 5) is 11.7. The van der Waals surface area contributed by atoms with Gasteiger partial charge in [0.2, 0.25) is 5.24 Å². The van der Waals surface area contributed by atoms with Gasteiger partial charge in [-0.1, -0.05) is 13.0 Å². The molecule has 0 aromatic carbocycles. The quantitative estimate of drug-likeness (QED) is 0.667. The first-order valence-corrected chi connectivity index (χ1v) is 4.67. The van der Waals surface area contributed by atoms with Gasteiger partial charge in [0.05, 0.1) is 0 Å². The van der Waals surface area contributed by atoms with E-state index in [2.05, 4.69) is 0 Å². The molecule has 11 heavy (non-hydrogen) atoms. The molecular weight excluding hydrogens is 180 g/mol. The van der Waals surface area contributed by atoms with Gasteiger partial charge in [0, 0.05) is 11.3 Å². The Bertz CT molecular complexity index is 230. The zero-order valence-corrected chi connectivity index (χ0v) is 7.78. The maximum Gasteiger partial charge on any atom is 0.222 e. The maximum atomic E-state index is 10.5. The van der Waals surface area contributed by atoms with Gasteiger partial charge < -0.3 is 0 Å². The minimum atomic E-state index is -0.258. The lowest BCUT2D eigenvalue weighted by Crippen LogP contribution is -1.95. The minimum absolute atomic E-state index is 0.258. The van der Waals surface area contributed by atoms with Gasteiger partial charge in [-0.15, -0.1) is 11.3 Å². The lowest BCUT2D eigenvalue weighted by atomic mass is 10.1. The van der Waals surface area contributed by atoms with Gasteiger partial charge in [-0.3, -0.25) is 4.79 Å². The normalized spacial score (nSPS) is 12.9. The maximum absolute atomic E-state index is 10.5. The molecule has 0 aliphatic heterocycles. The first kappa shape index (κ1) is 8.75. The summed E-state index contributed by atoms with van der Waals surface area (Å²) in [5, 5.41) is 1.75. The number of hydrogen-bond donors (Lipinski definition) is 0. The van der Waals surface area contributed by atoms with Crippen molar-refractivity contribution in [2.45, 2.75) is 19.3 Å². The fraction of sp³-hybridized carbons (Fsp3) is 0.375. The molecule has 60 valence electrons. The molecule has 1 nitrogen and oxygen atoms in total. The zero-order valence-electron chi connectivity index (χ0n) is 6.21. The fourth-order valence-corrected chi connectivity index (χ4v) is 1.93. The van der Waals surface area contributed by atoms with Crippen molar-refractivity contribution in [2.75, 3.05) is 0 Å². The smallest absolute Gasteiger partial charge is 0.222 e. The Morgan fingerprint density at radius 1 is 1.82 bits per heavy atom. The summed E-state index contributed by atoms with van der Waals surface area (Å²) in [5.74, 6) is 0.264. The molecule has 0 radical (unpaired) electrons. The van der Waals surface area contributed by atoms with Gasteiger partial charge in [-0.05, 0) is 29.0 Å². The van der Waals surface area contributed by atoms with Crippen molar-refractivity contribution < 1.29 is 4.79 Å². The van der Waals surface area contributed by atoms with E-state index in [0.717, 1.165) is 0 Å². The van der Waals surface area contributed by atoms with Crippen LogP contribution >= 0.6 is 22.9 Å². The molecule has 3 heteroatoms. The van der Waals surface area contributed by atoms with E-state index in [9.17, 15) is 4.79 Å². The number of rotatable bonds is 3. The van der Waals surface area contributed by atoms with Gasteiger partial charge in [-0.25, -0.2) is 0 Å². The van der Waals surface area contributed by atoms with Gasteiger partial charge >= 0.3 is 0 Å². The molecule has 0 spiro atoms. The van der Waals surface area contributed by atoms with Crippen LogP contribution in [-0.4, -0.2) is 5.24 Å². The SMILES string of the molecule is CC(CC(=O)Cl)c1cccs1. The van der Waals surface area contributed by atoms with Crippen LogP contribution in [0.3, 0.4) is 0 Å². The summed E-state index contributed by atoms with van der Waals surface area (Å²) < 4.78 is 0. The molecule has 0 fully saturated rings. The zero-order chi connectivity index (χ0) is 8.27. The summed E-state index contributed by atoms with van der Waals surface area (Å²) in [6.45, 7) is 2.01. The third-order valence-corrected chi connectivity index (χ3v) is 2.75. The molecular formula is C8H9ClOS. The van der Waals surface area contributed by atoms with Crippen molar-refractivity contribution in [1.29, 1.82) is 0 Å². The van der Waals surface area contributed by atoms with E-state index < -0.39 is 0 Å². The third-order valence-electron chi connectivity index (χ3n) is 1.50. The minimum Gasteiger partial charge on any atom is -0.281 e. The molecule has 0 aliphatic rings. The third kappa shape index (κ3) is 2.64. The van der Waals surface area contributed by atoms with E-state index in [1.54, 1.807) is 11.3 Å². The summed E-state index contributed by atoms with van der Waals surface area (Å²) in [6.07, 6.45) is 0.433. The lowest BCUT2D eigenvalue weighted by molar-refractivity contribution is -0.111. The van der Waals surface area contributed by atoms with Crippen molar-refractivity contribution in [1.82, 2.24) is 0 Å². The number of hydrogen-bond acceptors (Lipinski definition) is 2. The van der Waals surface area contributed by atoms with Crippen LogP contribution in [0.4, 0.5) is 0 Å². The average Bonchev–Trinajstić information content (AvgIpc) is 2.35. The first-order chi connectivity index (χ1) is 5.20. The van der Waals surface area contributed by atoms with E-state index in [1.807, 2.05) is 24.4 Å². The fourth-order valence-electron chi connectivity index (χ4n) is 0.913. The number of thiophene rings is 1. The Labute approximate surface area is 75.0 Å². The monoisotopic (exact) mass is 188 g/mol. The molecule has 1 aromatic rings. The van der Waals surface area contributed by atoms with Crippen LogP contribution in [0.2, 0.25) is 0 Å². The highest BCUT2D eigenvalue weighted by molar-refractivity contribution is 7.10. The summed E-state index contributed by atoms with van der Waals surface area (Å²) in [7, 11) is 0. The standard InChI is InChI=1S/C8H9ClOS/c1-6(5-8(9)10)7-3-2-4-11-7/h2-4,6H,5H2,1H3. The van der Waals surface area contributed by atoms with Crippen molar-refractivity contribution >= 4 is 28.2 Å². The predicted octanol–water partition coefficient (Wildman–Crippen LogP) is 3.01. The number of carbonyl (C=O) groups excluding carboxylic acids is 1. The number of carbonyl (C=O) groups is 1. The Morgan fingerprint density at radius 2 is 2.55 bits per heavy atom. The molecule has 0 amide bonds. The molecule has 0 N–H and O–H groups in total. The molecule has 1 unspecified atom stereocenters. The second-order valence-electron chi connectivity index (χ2n) is 2.48. The van der Waals surface area contributed by atoms with E-state index in [-0.39, 0.29) is 11.2 Å². The molecule has 0 saturated carbocycles.